The van der Waals surface area contributed by atoms with E-state index in [9.17, 15) is 14.0 Å². The summed E-state index contributed by atoms with van der Waals surface area (Å²) in [5.74, 6) is -0.782. The molecule has 33 heavy (non-hydrogen) atoms. The molecule has 0 saturated heterocycles. The van der Waals surface area contributed by atoms with Crippen molar-refractivity contribution in [3.63, 3.8) is 0 Å². The van der Waals surface area contributed by atoms with Crippen LogP contribution in [0, 0.1) is 24.1 Å². The lowest BCUT2D eigenvalue weighted by molar-refractivity contribution is -0.120. The molecular weight excluding hydrogens is 445 g/mol. The molecule has 1 heterocycles. The fraction of sp³-hybridized carbons (Fsp3) is 0.250. The number of carbonyl (C=O) groups is 2. The van der Waals surface area contributed by atoms with Gasteiger partial charge in [0.1, 0.15) is 16.4 Å². The van der Waals surface area contributed by atoms with Crippen LogP contribution in [0.15, 0.2) is 48.5 Å². The minimum absolute atomic E-state index is 0.124. The van der Waals surface area contributed by atoms with Gasteiger partial charge in [-0.15, -0.1) is 0 Å². The third-order valence-corrected chi connectivity index (χ3v) is 5.76. The van der Waals surface area contributed by atoms with E-state index in [1.807, 2.05) is 0 Å². The van der Waals surface area contributed by atoms with Crippen LogP contribution in [-0.2, 0) is 22.5 Å². The van der Waals surface area contributed by atoms with Gasteiger partial charge in [-0.25, -0.2) is 14.2 Å². The second-order valence-electron chi connectivity index (χ2n) is 7.01. The summed E-state index contributed by atoms with van der Waals surface area (Å²) in [5, 5.41) is 9.09. The van der Waals surface area contributed by atoms with Gasteiger partial charge in [0.2, 0.25) is 0 Å². The predicted octanol–water partition coefficient (Wildman–Crippen LogP) is 4.45. The van der Waals surface area contributed by atoms with Crippen LogP contribution >= 0.6 is 11.3 Å². The van der Waals surface area contributed by atoms with E-state index in [0.29, 0.717) is 27.0 Å². The van der Waals surface area contributed by atoms with Crippen LogP contribution in [0.2, 0.25) is 0 Å². The summed E-state index contributed by atoms with van der Waals surface area (Å²) in [4.78, 5) is 31.4. The highest BCUT2D eigenvalue weighted by Gasteiger charge is 2.24. The molecule has 0 saturated carbocycles. The Morgan fingerprint density at radius 3 is 2.42 bits per heavy atom. The largest absolute Gasteiger partial charge is 0.484 e. The normalized spacial score (nSPS) is 10.4. The molecule has 0 aliphatic carbocycles. The van der Waals surface area contributed by atoms with E-state index >= 15 is 0 Å². The van der Waals surface area contributed by atoms with Gasteiger partial charge in [0.25, 0.3) is 5.91 Å². The van der Waals surface area contributed by atoms with Crippen molar-refractivity contribution in [3.8, 4) is 11.8 Å². The second-order valence-corrected chi connectivity index (χ2v) is 7.98. The van der Waals surface area contributed by atoms with Crippen molar-refractivity contribution >= 4 is 28.3 Å². The first-order valence-corrected chi connectivity index (χ1v) is 11.0. The molecule has 0 radical (unpaired) electrons. The second kappa shape index (κ2) is 11.2. The molecule has 0 aliphatic heterocycles. The molecule has 9 heteroatoms. The van der Waals surface area contributed by atoms with Crippen molar-refractivity contribution < 1.29 is 23.5 Å². The molecule has 0 N–H and O–H groups in total. The summed E-state index contributed by atoms with van der Waals surface area (Å²) in [6, 6.07) is 14.8. The lowest BCUT2D eigenvalue weighted by Crippen LogP contribution is -2.34. The Hall–Kier alpha value is -3.77. The van der Waals surface area contributed by atoms with Gasteiger partial charge >= 0.3 is 5.97 Å². The zero-order valence-corrected chi connectivity index (χ0v) is 19.0. The molecule has 2 aromatic carbocycles. The Bertz CT molecular complexity index is 1150. The van der Waals surface area contributed by atoms with Crippen LogP contribution in [-0.4, -0.2) is 30.1 Å². The van der Waals surface area contributed by atoms with E-state index in [-0.39, 0.29) is 37.9 Å². The number of esters is 1. The maximum atomic E-state index is 13.3. The lowest BCUT2D eigenvalue weighted by Gasteiger charge is -2.20. The smallest absolute Gasteiger partial charge is 0.350 e. The zero-order chi connectivity index (χ0) is 23.8. The van der Waals surface area contributed by atoms with Gasteiger partial charge in [-0.2, -0.15) is 5.26 Å². The summed E-state index contributed by atoms with van der Waals surface area (Å²) in [5.41, 5.74) is 1.99. The van der Waals surface area contributed by atoms with Gasteiger partial charge in [-0.1, -0.05) is 35.6 Å². The van der Waals surface area contributed by atoms with Crippen LogP contribution in [0.25, 0.3) is 0 Å². The number of nitrogens with zero attached hydrogens (tertiary/aromatic N) is 3. The van der Waals surface area contributed by atoms with Crippen LogP contribution in [0.1, 0.15) is 33.4 Å². The summed E-state index contributed by atoms with van der Waals surface area (Å²) >= 11 is 1.05. The highest BCUT2D eigenvalue weighted by Crippen LogP contribution is 2.28. The van der Waals surface area contributed by atoms with Crippen molar-refractivity contribution in [3.05, 3.63) is 76.0 Å². The summed E-state index contributed by atoms with van der Waals surface area (Å²) in [7, 11) is 0. The number of aryl methyl sites for hydroxylation is 1. The summed E-state index contributed by atoms with van der Waals surface area (Å²) < 4.78 is 24.0. The predicted molar refractivity (Wildman–Crippen MR) is 122 cm³/mol. The molecule has 0 fully saturated rings. The van der Waals surface area contributed by atoms with E-state index in [0.717, 1.165) is 16.9 Å². The Morgan fingerprint density at radius 1 is 1.12 bits per heavy atom. The van der Waals surface area contributed by atoms with Gasteiger partial charge in [0.15, 0.2) is 11.7 Å². The third-order valence-electron chi connectivity index (χ3n) is 4.60. The number of rotatable bonds is 9. The van der Waals surface area contributed by atoms with E-state index < -0.39 is 5.97 Å². The Labute approximate surface area is 195 Å². The number of aromatic nitrogens is 1. The number of benzene rings is 2. The van der Waals surface area contributed by atoms with E-state index in [4.69, 9.17) is 14.7 Å². The highest BCUT2D eigenvalue weighted by molar-refractivity contribution is 7.17. The number of hydrogen-bond donors (Lipinski definition) is 0. The molecular formula is C24H22FN3O4S. The van der Waals surface area contributed by atoms with Crippen LogP contribution in [0.5, 0.6) is 5.75 Å². The maximum absolute atomic E-state index is 13.3. The molecule has 0 aliphatic rings. The van der Waals surface area contributed by atoms with Crippen LogP contribution in [0.3, 0.4) is 0 Å². The number of nitriles is 1. The van der Waals surface area contributed by atoms with Crippen molar-refractivity contribution in [2.45, 2.75) is 26.8 Å². The monoisotopic (exact) mass is 467 g/mol. The molecule has 3 aromatic rings. The molecule has 170 valence electrons. The molecule has 0 unspecified atom stereocenters. The molecule has 0 atom stereocenters. The quantitative estimate of drug-likeness (QED) is 0.432. The van der Waals surface area contributed by atoms with Gasteiger partial charge in [0.05, 0.1) is 31.3 Å². The summed E-state index contributed by atoms with van der Waals surface area (Å²) in [6.07, 6.45) is 0.289. The molecule has 1 amide bonds. The topological polar surface area (TPSA) is 92.5 Å². The molecule has 0 bridgehead atoms. The first-order valence-electron chi connectivity index (χ1n) is 10.2. The minimum Gasteiger partial charge on any atom is -0.484 e. The van der Waals surface area contributed by atoms with Gasteiger partial charge in [0, 0.05) is 0 Å². The molecule has 1 aromatic heterocycles. The highest BCUT2D eigenvalue weighted by atomic mass is 32.1. The number of carbonyl (C=O) groups excluding carboxylic acids is 2. The SMILES string of the molecule is CCOC(=O)c1sc(N(Cc2ccc(F)cc2)C(=O)COc2ccc(CC#N)cc2)nc1C. The molecule has 3 rings (SSSR count). The third kappa shape index (κ3) is 6.37. The number of thiazole rings is 1. The Kier molecular flexibility index (Phi) is 8.11. The number of anilines is 1. The average molecular weight is 468 g/mol. The van der Waals surface area contributed by atoms with Crippen molar-refractivity contribution in [1.29, 1.82) is 5.26 Å². The first-order chi connectivity index (χ1) is 15.9. The van der Waals surface area contributed by atoms with Crippen molar-refractivity contribution in [1.82, 2.24) is 4.98 Å². The summed E-state index contributed by atoms with van der Waals surface area (Å²) in [6.45, 7) is 3.46. The number of hydrogen-bond acceptors (Lipinski definition) is 7. The van der Waals surface area contributed by atoms with Gasteiger partial charge in [-0.3, -0.25) is 9.69 Å². The fourth-order valence-corrected chi connectivity index (χ4v) is 3.91. The Balaban J connectivity index is 1.81. The maximum Gasteiger partial charge on any atom is 0.350 e. The van der Waals surface area contributed by atoms with E-state index in [1.165, 1.54) is 17.0 Å². The number of halogens is 1. The lowest BCUT2D eigenvalue weighted by atomic mass is 10.2. The van der Waals surface area contributed by atoms with Crippen LogP contribution < -0.4 is 9.64 Å². The van der Waals surface area contributed by atoms with Crippen molar-refractivity contribution in [2.24, 2.45) is 0 Å². The van der Waals surface area contributed by atoms with E-state index in [1.54, 1.807) is 50.2 Å². The standard InChI is InChI=1S/C24H22FN3O4S/c1-3-31-23(30)22-16(2)27-24(33-22)28(14-18-4-8-19(25)9-5-18)21(29)15-32-20-10-6-17(7-11-20)12-13-26/h4-11H,3,12,14-15H2,1-2H3. The first kappa shape index (κ1) is 23.9. The fourth-order valence-electron chi connectivity index (χ4n) is 2.94. The number of ether oxygens (including phenoxy) is 2. The minimum atomic E-state index is -0.498. The van der Waals surface area contributed by atoms with E-state index in [2.05, 4.69) is 11.1 Å². The van der Waals surface area contributed by atoms with Gasteiger partial charge in [-0.05, 0) is 49.2 Å². The average Bonchev–Trinajstić information content (AvgIpc) is 3.19. The van der Waals surface area contributed by atoms with Crippen molar-refractivity contribution in [2.75, 3.05) is 18.1 Å². The molecule has 7 nitrogen and oxygen atoms in total. The number of amides is 1. The Morgan fingerprint density at radius 2 is 1.79 bits per heavy atom. The molecule has 0 spiro atoms. The van der Waals surface area contributed by atoms with Crippen LogP contribution in [0.4, 0.5) is 9.52 Å². The van der Waals surface area contributed by atoms with Gasteiger partial charge < -0.3 is 9.47 Å². The zero-order valence-electron chi connectivity index (χ0n) is 18.2.